The van der Waals surface area contributed by atoms with Gasteiger partial charge in [0.1, 0.15) is 0 Å². The predicted molar refractivity (Wildman–Crippen MR) is 80.7 cm³/mol. The van der Waals surface area contributed by atoms with Gasteiger partial charge in [-0.1, -0.05) is 42.0 Å². The number of hydrogen-bond acceptors (Lipinski definition) is 2. The number of ether oxygens (including phenoxy) is 2. The maximum Gasteiger partial charge on any atom is 0.184 e. The second-order valence-electron chi connectivity index (χ2n) is 5.47. The fourth-order valence-electron chi connectivity index (χ4n) is 2.99. The van der Waals surface area contributed by atoms with Gasteiger partial charge in [0.25, 0.3) is 0 Å². The molecule has 0 saturated carbocycles. The molecule has 0 aliphatic carbocycles. The van der Waals surface area contributed by atoms with Crippen molar-refractivity contribution in [3.05, 3.63) is 58.7 Å². The highest BCUT2D eigenvalue weighted by Crippen LogP contribution is 2.30. The third-order valence-corrected chi connectivity index (χ3v) is 3.77. The summed E-state index contributed by atoms with van der Waals surface area (Å²) in [4.78, 5) is 0. The Bertz CT molecular complexity index is 585. The average molecular weight is 268 g/mol. The van der Waals surface area contributed by atoms with Crippen LogP contribution in [0.15, 0.2) is 36.4 Å². The normalized spacial score (nSPS) is 15.8. The Kier molecular flexibility index (Phi) is 3.60. The SMILES string of the molecule is Cc1cc(C)c(-c2ccc(C3OCCO3)cc2)c(C)c1. The van der Waals surface area contributed by atoms with Gasteiger partial charge in [0, 0.05) is 5.56 Å². The second kappa shape index (κ2) is 5.39. The Morgan fingerprint density at radius 3 is 1.95 bits per heavy atom. The molecule has 0 unspecified atom stereocenters. The molecule has 0 bridgehead atoms. The largest absolute Gasteiger partial charge is 0.346 e. The van der Waals surface area contributed by atoms with Gasteiger partial charge in [-0.15, -0.1) is 0 Å². The van der Waals surface area contributed by atoms with Gasteiger partial charge < -0.3 is 9.47 Å². The molecule has 3 rings (SSSR count). The molecule has 2 heteroatoms. The second-order valence-corrected chi connectivity index (χ2v) is 5.47. The van der Waals surface area contributed by atoms with Crippen LogP contribution in [0.4, 0.5) is 0 Å². The number of aryl methyl sites for hydroxylation is 3. The predicted octanol–water partition coefficient (Wildman–Crippen LogP) is 4.32. The number of benzene rings is 2. The van der Waals surface area contributed by atoms with Crippen molar-refractivity contribution in [2.24, 2.45) is 0 Å². The highest BCUT2D eigenvalue weighted by Gasteiger charge is 2.18. The van der Waals surface area contributed by atoms with Gasteiger partial charge in [-0.3, -0.25) is 0 Å². The first kappa shape index (κ1) is 13.3. The Balaban J connectivity index is 1.95. The lowest BCUT2D eigenvalue weighted by molar-refractivity contribution is -0.0441. The van der Waals surface area contributed by atoms with E-state index in [2.05, 4.69) is 57.2 Å². The average Bonchev–Trinajstić information content (AvgIpc) is 2.92. The van der Waals surface area contributed by atoms with Gasteiger partial charge in [0.15, 0.2) is 6.29 Å². The molecule has 1 aliphatic rings. The van der Waals surface area contributed by atoms with Crippen molar-refractivity contribution in [2.45, 2.75) is 27.1 Å². The first-order valence-electron chi connectivity index (χ1n) is 7.06. The van der Waals surface area contributed by atoms with Crippen molar-refractivity contribution in [1.29, 1.82) is 0 Å². The summed E-state index contributed by atoms with van der Waals surface area (Å²) >= 11 is 0. The zero-order valence-electron chi connectivity index (χ0n) is 12.3. The van der Waals surface area contributed by atoms with Crippen LogP contribution in [0.1, 0.15) is 28.5 Å². The van der Waals surface area contributed by atoms with Gasteiger partial charge in [-0.2, -0.15) is 0 Å². The van der Waals surface area contributed by atoms with Gasteiger partial charge in [-0.25, -0.2) is 0 Å². The third kappa shape index (κ3) is 2.49. The van der Waals surface area contributed by atoms with Crippen LogP contribution < -0.4 is 0 Å². The molecule has 2 nitrogen and oxygen atoms in total. The molecule has 20 heavy (non-hydrogen) atoms. The molecule has 2 aromatic carbocycles. The standard InChI is InChI=1S/C18H20O2/c1-12-10-13(2)17(14(3)11-12)15-4-6-16(7-5-15)18-19-8-9-20-18/h4-7,10-11,18H,8-9H2,1-3H3. The molecule has 0 atom stereocenters. The van der Waals surface area contributed by atoms with Crippen molar-refractivity contribution in [2.75, 3.05) is 13.2 Å². The van der Waals surface area contributed by atoms with Crippen molar-refractivity contribution in [3.63, 3.8) is 0 Å². The first-order chi connectivity index (χ1) is 9.65. The minimum absolute atomic E-state index is 0.190. The Morgan fingerprint density at radius 1 is 0.850 bits per heavy atom. The summed E-state index contributed by atoms with van der Waals surface area (Å²) in [5.74, 6) is 0. The fraction of sp³-hybridized carbons (Fsp3) is 0.333. The summed E-state index contributed by atoms with van der Waals surface area (Å²) in [6.07, 6.45) is -0.190. The van der Waals surface area contributed by atoms with E-state index in [9.17, 15) is 0 Å². The van der Waals surface area contributed by atoms with E-state index in [1.165, 1.54) is 27.8 Å². The van der Waals surface area contributed by atoms with Gasteiger partial charge in [-0.05, 0) is 43.0 Å². The van der Waals surface area contributed by atoms with Crippen LogP contribution in [-0.2, 0) is 9.47 Å². The van der Waals surface area contributed by atoms with Gasteiger partial charge in [0.2, 0.25) is 0 Å². The summed E-state index contributed by atoms with van der Waals surface area (Å²) < 4.78 is 11.1. The van der Waals surface area contributed by atoms with E-state index in [0.717, 1.165) is 5.56 Å². The van der Waals surface area contributed by atoms with Crippen molar-refractivity contribution in [3.8, 4) is 11.1 Å². The Hall–Kier alpha value is -1.64. The smallest absolute Gasteiger partial charge is 0.184 e. The Morgan fingerprint density at radius 2 is 1.40 bits per heavy atom. The summed E-state index contributed by atoms with van der Waals surface area (Å²) in [5, 5.41) is 0. The number of hydrogen-bond donors (Lipinski definition) is 0. The zero-order chi connectivity index (χ0) is 14.1. The maximum absolute atomic E-state index is 5.53. The van der Waals surface area contributed by atoms with E-state index < -0.39 is 0 Å². The maximum atomic E-state index is 5.53. The van der Waals surface area contributed by atoms with Crippen LogP contribution in [0, 0.1) is 20.8 Å². The molecule has 0 N–H and O–H groups in total. The van der Waals surface area contributed by atoms with Crippen LogP contribution in [0.2, 0.25) is 0 Å². The van der Waals surface area contributed by atoms with E-state index >= 15 is 0 Å². The fourth-order valence-corrected chi connectivity index (χ4v) is 2.99. The van der Waals surface area contributed by atoms with E-state index in [-0.39, 0.29) is 6.29 Å². The molecule has 1 heterocycles. The molecular weight excluding hydrogens is 248 g/mol. The molecular formula is C18H20O2. The number of rotatable bonds is 2. The van der Waals surface area contributed by atoms with Crippen LogP contribution >= 0.6 is 0 Å². The monoisotopic (exact) mass is 268 g/mol. The lowest BCUT2D eigenvalue weighted by Crippen LogP contribution is -1.98. The van der Waals surface area contributed by atoms with E-state index in [4.69, 9.17) is 9.47 Å². The van der Waals surface area contributed by atoms with Crippen LogP contribution in [-0.4, -0.2) is 13.2 Å². The van der Waals surface area contributed by atoms with E-state index in [1.807, 2.05) is 0 Å². The van der Waals surface area contributed by atoms with Crippen molar-refractivity contribution >= 4 is 0 Å². The summed E-state index contributed by atoms with van der Waals surface area (Å²) in [6, 6.07) is 13.0. The lowest BCUT2D eigenvalue weighted by Gasteiger charge is -2.14. The van der Waals surface area contributed by atoms with Crippen LogP contribution in [0.5, 0.6) is 0 Å². The third-order valence-electron chi connectivity index (χ3n) is 3.77. The van der Waals surface area contributed by atoms with Crippen LogP contribution in [0.3, 0.4) is 0 Å². The van der Waals surface area contributed by atoms with E-state index in [1.54, 1.807) is 0 Å². The molecule has 0 radical (unpaired) electrons. The highest BCUT2D eigenvalue weighted by molar-refractivity contribution is 5.71. The summed E-state index contributed by atoms with van der Waals surface area (Å²) in [6.45, 7) is 7.85. The minimum Gasteiger partial charge on any atom is -0.346 e. The zero-order valence-corrected chi connectivity index (χ0v) is 12.3. The minimum atomic E-state index is -0.190. The molecule has 2 aromatic rings. The van der Waals surface area contributed by atoms with Crippen molar-refractivity contribution in [1.82, 2.24) is 0 Å². The molecule has 0 spiro atoms. The van der Waals surface area contributed by atoms with Gasteiger partial charge >= 0.3 is 0 Å². The molecule has 1 saturated heterocycles. The molecule has 1 aliphatic heterocycles. The van der Waals surface area contributed by atoms with Crippen LogP contribution in [0.25, 0.3) is 11.1 Å². The molecule has 104 valence electrons. The highest BCUT2D eigenvalue weighted by atomic mass is 16.7. The van der Waals surface area contributed by atoms with Crippen molar-refractivity contribution < 1.29 is 9.47 Å². The topological polar surface area (TPSA) is 18.5 Å². The summed E-state index contributed by atoms with van der Waals surface area (Å²) in [7, 11) is 0. The molecule has 0 amide bonds. The van der Waals surface area contributed by atoms with Gasteiger partial charge in [0.05, 0.1) is 13.2 Å². The van der Waals surface area contributed by atoms with E-state index in [0.29, 0.717) is 13.2 Å². The first-order valence-corrected chi connectivity index (χ1v) is 7.06. The quantitative estimate of drug-likeness (QED) is 0.807. The Labute approximate surface area is 120 Å². The summed E-state index contributed by atoms with van der Waals surface area (Å²) in [5.41, 5.74) is 7.63. The molecule has 0 aromatic heterocycles. The lowest BCUT2D eigenvalue weighted by atomic mass is 9.93. The molecule has 1 fully saturated rings.